The predicted molar refractivity (Wildman–Crippen MR) is 97.3 cm³/mol. The number of benzene rings is 1. The molecule has 1 N–H and O–H groups in total. The first-order valence-electron chi connectivity index (χ1n) is 8.27. The third kappa shape index (κ3) is 3.50. The van der Waals surface area contributed by atoms with E-state index in [0.29, 0.717) is 12.3 Å². The maximum atomic E-state index is 12.5. The number of ether oxygens (including phenoxy) is 1. The second-order valence-corrected chi connectivity index (χ2v) is 6.16. The van der Waals surface area contributed by atoms with E-state index in [0.717, 1.165) is 17.0 Å². The Morgan fingerprint density at radius 2 is 2.08 bits per heavy atom. The van der Waals surface area contributed by atoms with Crippen LogP contribution >= 0.6 is 0 Å². The number of fused-ring (bicyclic) bond motifs is 1. The second kappa shape index (κ2) is 7.49. The lowest BCUT2D eigenvalue weighted by Crippen LogP contribution is -2.35. The molecule has 26 heavy (non-hydrogen) atoms. The molecule has 0 aliphatic heterocycles. The van der Waals surface area contributed by atoms with Gasteiger partial charge in [-0.05, 0) is 33.2 Å². The van der Waals surface area contributed by atoms with Crippen molar-refractivity contribution in [3.63, 3.8) is 0 Å². The molecule has 3 aromatic rings. The molecule has 8 nitrogen and oxygen atoms in total. The molecule has 0 saturated heterocycles. The highest BCUT2D eigenvalue weighted by atomic mass is 16.5. The van der Waals surface area contributed by atoms with E-state index in [9.17, 15) is 4.79 Å². The van der Waals surface area contributed by atoms with Crippen LogP contribution < -0.4 is 10.1 Å². The van der Waals surface area contributed by atoms with Crippen molar-refractivity contribution in [3.05, 3.63) is 53.6 Å². The molecule has 2 aromatic heterocycles. The van der Waals surface area contributed by atoms with Crippen molar-refractivity contribution in [2.24, 2.45) is 0 Å². The van der Waals surface area contributed by atoms with Crippen molar-refractivity contribution < 1.29 is 9.53 Å². The molecule has 3 rings (SSSR count). The number of rotatable bonds is 6. The number of aryl methyl sites for hydroxylation is 1. The number of methoxy groups -OCH3 is 1. The van der Waals surface area contributed by atoms with E-state index in [2.05, 4.69) is 20.4 Å². The van der Waals surface area contributed by atoms with Crippen molar-refractivity contribution in [2.75, 3.05) is 27.7 Å². The number of amides is 1. The van der Waals surface area contributed by atoms with Gasteiger partial charge in [-0.25, -0.2) is 9.50 Å². The third-order valence-electron chi connectivity index (χ3n) is 4.21. The van der Waals surface area contributed by atoms with Crippen LogP contribution in [-0.4, -0.2) is 58.1 Å². The standard InChI is InChI=1S/C18H22N6O2/c1-12-9-10-19-18-21-16(22-24(12)18)17(25)20-11-14(23(2)3)13-7-5-6-8-15(13)26-4/h5-10,14H,11H2,1-4H3,(H,20,25). The van der Waals surface area contributed by atoms with Crippen LogP contribution in [0.25, 0.3) is 5.78 Å². The Morgan fingerprint density at radius 1 is 1.31 bits per heavy atom. The summed E-state index contributed by atoms with van der Waals surface area (Å²) in [5.41, 5.74) is 1.86. The molecule has 1 amide bonds. The summed E-state index contributed by atoms with van der Waals surface area (Å²) in [6.07, 6.45) is 1.64. The lowest BCUT2D eigenvalue weighted by Gasteiger charge is -2.26. The summed E-state index contributed by atoms with van der Waals surface area (Å²) in [7, 11) is 5.56. The van der Waals surface area contributed by atoms with Crippen LogP contribution in [0.5, 0.6) is 5.75 Å². The first-order chi connectivity index (χ1) is 12.5. The van der Waals surface area contributed by atoms with Gasteiger partial charge in [0.2, 0.25) is 5.82 Å². The molecule has 0 bridgehead atoms. The topological polar surface area (TPSA) is 84.6 Å². The number of hydrogen-bond donors (Lipinski definition) is 1. The van der Waals surface area contributed by atoms with Gasteiger partial charge in [0, 0.05) is 24.0 Å². The molecule has 1 unspecified atom stereocenters. The molecular weight excluding hydrogens is 332 g/mol. The van der Waals surface area contributed by atoms with Gasteiger partial charge >= 0.3 is 0 Å². The minimum absolute atomic E-state index is 0.0491. The molecule has 0 aliphatic carbocycles. The van der Waals surface area contributed by atoms with Gasteiger partial charge < -0.3 is 15.0 Å². The van der Waals surface area contributed by atoms with E-state index in [1.807, 2.05) is 56.3 Å². The molecule has 0 radical (unpaired) electrons. The molecule has 0 saturated carbocycles. The zero-order chi connectivity index (χ0) is 18.7. The van der Waals surface area contributed by atoms with Crippen LogP contribution in [0.3, 0.4) is 0 Å². The summed E-state index contributed by atoms with van der Waals surface area (Å²) < 4.78 is 7.00. The Labute approximate surface area is 151 Å². The highest BCUT2D eigenvalue weighted by molar-refractivity contribution is 5.90. The lowest BCUT2D eigenvalue weighted by atomic mass is 10.0. The quantitative estimate of drug-likeness (QED) is 0.722. The molecule has 0 aliphatic rings. The van der Waals surface area contributed by atoms with Gasteiger partial charge in [0.05, 0.1) is 13.2 Å². The van der Waals surface area contributed by atoms with Crippen LogP contribution in [0, 0.1) is 6.92 Å². The maximum Gasteiger partial charge on any atom is 0.291 e. The molecule has 1 atom stereocenters. The summed E-state index contributed by atoms with van der Waals surface area (Å²) in [6.45, 7) is 2.28. The fourth-order valence-electron chi connectivity index (χ4n) is 2.78. The van der Waals surface area contributed by atoms with Crippen molar-refractivity contribution in [1.82, 2.24) is 29.8 Å². The van der Waals surface area contributed by atoms with E-state index in [1.165, 1.54) is 0 Å². The summed E-state index contributed by atoms with van der Waals surface area (Å²) in [5, 5.41) is 7.14. The molecule has 2 heterocycles. The Hall–Kier alpha value is -3.00. The Balaban J connectivity index is 1.78. The Bertz CT molecular complexity index is 921. The van der Waals surface area contributed by atoms with Gasteiger partial charge in [0.25, 0.3) is 11.7 Å². The lowest BCUT2D eigenvalue weighted by molar-refractivity contribution is 0.0931. The molecular formula is C18H22N6O2. The van der Waals surface area contributed by atoms with E-state index < -0.39 is 0 Å². The molecule has 136 valence electrons. The van der Waals surface area contributed by atoms with E-state index >= 15 is 0 Å². The summed E-state index contributed by atoms with van der Waals surface area (Å²) in [6, 6.07) is 9.54. The number of carbonyl (C=O) groups is 1. The minimum atomic E-state index is -0.336. The minimum Gasteiger partial charge on any atom is -0.496 e. The Kier molecular flexibility index (Phi) is 5.13. The van der Waals surface area contributed by atoms with Crippen LogP contribution in [0.1, 0.15) is 27.9 Å². The smallest absolute Gasteiger partial charge is 0.291 e. The first kappa shape index (κ1) is 17.8. The maximum absolute atomic E-state index is 12.5. The third-order valence-corrected chi connectivity index (χ3v) is 4.21. The van der Waals surface area contributed by atoms with Crippen molar-refractivity contribution in [1.29, 1.82) is 0 Å². The molecule has 0 spiro atoms. The Morgan fingerprint density at radius 3 is 2.77 bits per heavy atom. The molecule has 0 fully saturated rings. The van der Waals surface area contributed by atoms with E-state index in [-0.39, 0.29) is 17.8 Å². The van der Waals surface area contributed by atoms with E-state index in [1.54, 1.807) is 17.8 Å². The number of nitrogens with zero attached hydrogens (tertiary/aromatic N) is 5. The second-order valence-electron chi connectivity index (χ2n) is 6.16. The summed E-state index contributed by atoms with van der Waals surface area (Å²) in [5.74, 6) is 0.955. The number of likely N-dealkylation sites (N-methyl/N-ethyl adjacent to an activating group) is 1. The van der Waals surface area contributed by atoms with Crippen LogP contribution in [0.2, 0.25) is 0 Å². The normalized spacial score (nSPS) is 12.3. The number of aromatic nitrogens is 4. The van der Waals surface area contributed by atoms with Crippen LogP contribution in [-0.2, 0) is 0 Å². The van der Waals surface area contributed by atoms with Gasteiger partial charge in [-0.3, -0.25) is 4.79 Å². The van der Waals surface area contributed by atoms with Crippen LogP contribution in [0.4, 0.5) is 0 Å². The van der Waals surface area contributed by atoms with Crippen LogP contribution in [0.15, 0.2) is 36.5 Å². The van der Waals surface area contributed by atoms with Gasteiger partial charge in [-0.2, -0.15) is 4.98 Å². The first-order valence-corrected chi connectivity index (χ1v) is 8.27. The van der Waals surface area contributed by atoms with E-state index in [4.69, 9.17) is 4.74 Å². The average molecular weight is 354 g/mol. The zero-order valence-electron chi connectivity index (χ0n) is 15.3. The highest BCUT2D eigenvalue weighted by Crippen LogP contribution is 2.27. The zero-order valence-corrected chi connectivity index (χ0v) is 15.3. The number of hydrogen-bond acceptors (Lipinski definition) is 6. The molecule has 8 heteroatoms. The largest absolute Gasteiger partial charge is 0.496 e. The van der Waals surface area contributed by atoms with Gasteiger partial charge in [0.1, 0.15) is 5.75 Å². The SMILES string of the molecule is COc1ccccc1C(CNC(=O)c1nc2nccc(C)n2n1)N(C)C. The van der Waals surface area contributed by atoms with Gasteiger partial charge in [-0.1, -0.05) is 18.2 Å². The number of nitrogens with one attached hydrogen (secondary N) is 1. The monoisotopic (exact) mass is 354 g/mol. The van der Waals surface area contributed by atoms with Gasteiger partial charge in [0.15, 0.2) is 0 Å². The van der Waals surface area contributed by atoms with Crippen molar-refractivity contribution in [3.8, 4) is 5.75 Å². The summed E-state index contributed by atoms with van der Waals surface area (Å²) >= 11 is 0. The van der Waals surface area contributed by atoms with Crippen molar-refractivity contribution in [2.45, 2.75) is 13.0 Å². The number of carbonyl (C=O) groups excluding carboxylic acids is 1. The average Bonchev–Trinajstić information content (AvgIpc) is 3.07. The fraction of sp³-hybridized carbons (Fsp3) is 0.333. The fourth-order valence-corrected chi connectivity index (χ4v) is 2.78. The molecule has 1 aromatic carbocycles. The van der Waals surface area contributed by atoms with Gasteiger partial charge in [-0.15, -0.1) is 5.10 Å². The number of para-hydroxylation sites is 1. The summed E-state index contributed by atoms with van der Waals surface area (Å²) in [4.78, 5) is 22.9. The van der Waals surface area contributed by atoms with Crippen molar-refractivity contribution >= 4 is 11.7 Å². The highest BCUT2D eigenvalue weighted by Gasteiger charge is 2.21. The predicted octanol–water partition coefficient (Wildman–Crippen LogP) is 1.47.